The highest BCUT2D eigenvalue weighted by Crippen LogP contribution is 2.49. The van der Waals surface area contributed by atoms with Crippen molar-refractivity contribution in [1.82, 2.24) is 14.8 Å². The van der Waals surface area contributed by atoms with Gasteiger partial charge in [-0.25, -0.2) is 14.6 Å². The predicted octanol–water partition coefficient (Wildman–Crippen LogP) is 1.50. The first-order valence-electron chi connectivity index (χ1n) is 16.6. The van der Waals surface area contributed by atoms with Gasteiger partial charge in [0, 0.05) is 47.5 Å². The molecule has 0 saturated carbocycles. The number of aromatic nitrogens is 1. The summed E-state index contributed by atoms with van der Waals surface area (Å²) < 4.78 is 0.472. The zero-order chi connectivity index (χ0) is 39.4. The van der Waals surface area contributed by atoms with Gasteiger partial charge in [0.15, 0.2) is 28.1 Å². The molecule has 0 spiro atoms. The molecule has 3 saturated heterocycles. The van der Waals surface area contributed by atoms with E-state index in [9.17, 15) is 49.2 Å². The van der Waals surface area contributed by atoms with Gasteiger partial charge >= 0.3 is 17.9 Å². The number of ketones is 1. The van der Waals surface area contributed by atoms with Crippen LogP contribution >= 0.6 is 34.7 Å². The summed E-state index contributed by atoms with van der Waals surface area (Å²) in [5, 5.41) is 52.3. The number of hydrogen-bond acceptors (Lipinski definition) is 14. The fraction of sp³-hybridized carbons (Fsp3) is 0.455. The second-order valence-corrected chi connectivity index (χ2v) is 16.7. The number of halogens is 1. The number of likely N-dealkylation sites (tertiary alicyclic amines) is 2. The number of nitrogens with zero attached hydrogens (tertiary/aromatic N) is 5. The number of Topliss-reactive ketones (excluding diaryl/α,β-unsaturated/α-hetero) is 1. The smallest absolute Gasteiger partial charge is 0.352 e. The van der Waals surface area contributed by atoms with Crippen LogP contribution in [0.15, 0.2) is 33.9 Å². The van der Waals surface area contributed by atoms with Gasteiger partial charge in [-0.05, 0) is 19.1 Å². The average molecular weight is 808 g/mol. The topological polar surface area (TPSA) is 271 Å². The molecule has 21 heteroatoms. The van der Waals surface area contributed by atoms with E-state index in [1.807, 2.05) is 14.0 Å². The van der Waals surface area contributed by atoms with E-state index in [1.54, 1.807) is 4.90 Å². The number of quaternary nitrogens is 1. The van der Waals surface area contributed by atoms with Crippen molar-refractivity contribution in [3.63, 3.8) is 0 Å². The third-order valence-corrected chi connectivity index (χ3v) is 12.7. The predicted molar refractivity (Wildman–Crippen MR) is 192 cm³/mol. The van der Waals surface area contributed by atoms with Gasteiger partial charge in [-0.15, -0.1) is 23.1 Å². The van der Waals surface area contributed by atoms with Gasteiger partial charge in [-0.2, -0.15) is 0 Å². The molecule has 18 nitrogen and oxygen atoms in total. The van der Waals surface area contributed by atoms with Crippen molar-refractivity contribution in [1.29, 1.82) is 0 Å². The summed E-state index contributed by atoms with van der Waals surface area (Å²) in [6.07, 6.45) is -3.31. The van der Waals surface area contributed by atoms with E-state index < -0.39 is 77.0 Å². The molecule has 2 amide bonds. The van der Waals surface area contributed by atoms with Gasteiger partial charge < -0.3 is 45.5 Å². The standard InChI is InChI=1S/C33H35ClN6O12S2/c1-13-18(11-40(2)9-14-7-38(8-15(14)10-40)28(46)16-3-4-20(41)27(45)24(16)34)26(32(50)51)39-29(47)17(30(39)54-13)5-21(42)25(19-12-53-33(35)36-19)37-52-22(31(48)49)6-23(43)44/h3-4,12-15,17,22,30H,5-11H2,1-2H3,(H6-,35,36,37,41,42,43,44,45,46,48,49,50,51)/p+1/t13-,14-,15+,17+,22-,30+,40?/m0/s1. The highest BCUT2D eigenvalue weighted by atomic mass is 35.5. The number of carboxylic acids is 3. The molecule has 2 aromatic rings. The number of carbonyl (C=O) groups excluding carboxylic acids is 3. The van der Waals surface area contributed by atoms with E-state index in [-0.39, 0.29) is 50.1 Å². The van der Waals surface area contributed by atoms with Crippen LogP contribution in [0.5, 0.6) is 11.5 Å². The van der Waals surface area contributed by atoms with Crippen molar-refractivity contribution in [2.45, 2.75) is 36.5 Å². The summed E-state index contributed by atoms with van der Waals surface area (Å²) >= 11 is 8.44. The Balaban J connectivity index is 1.16. The number of phenols is 2. The summed E-state index contributed by atoms with van der Waals surface area (Å²) in [6.45, 7) is 4.28. The maximum atomic E-state index is 13.6. The normalized spacial score (nSPS) is 26.9. The van der Waals surface area contributed by atoms with Gasteiger partial charge in [-0.3, -0.25) is 24.1 Å². The number of nitrogen functional groups attached to an aromatic ring is 1. The van der Waals surface area contributed by atoms with Crippen LogP contribution in [0.4, 0.5) is 5.13 Å². The average Bonchev–Trinajstić information content (AvgIpc) is 3.78. The van der Waals surface area contributed by atoms with E-state index in [2.05, 4.69) is 10.1 Å². The third-order valence-electron chi connectivity index (χ3n) is 10.2. The van der Waals surface area contributed by atoms with Crippen molar-refractivity contribution >= 4 is 81.0 Å². The molecule has 7 atom stereocenters. The number of thiazole rings is 1. The highest BCUT2D eigenvalue weighted by Gasteiger charge is 2.57. The maximum Gasteiger partial charge on any atom is 0.352 e. The van der Waals surface area contributed by atoms with Gasteiger partial charge in [0.05, 0.1) is 48.4 Å². The number of rotatable bonds is 13. The Bertz CT molecular complexity index is 2010. The zero-order valence-electron chi connectivity index (χ0n) is 28.7. The molecule has 1 aromatic carbocycles. The number of oxime groups is 1. The monoisotopic (exact) mass is 807 g/mol. The molecule has 1 unspecified atom stereocenters. The van der Waals surface area contributed by atoms with Crippen LogP contribution in [0.2, 0.25) is 5.02 Å². The lowest BCUT2D eigenvalue weighted by Gasteiger charge is -2.51. The van der Waals surface area contributed by atoms with Gasteiger partial charge in [0.2, 0.25) is 12.0 Å². The lowest BCUT2D eigenvalue weighted by atomic mass is 9.88. The van der Waals surface area contributed by atoms with Gasteiger partial charge in [0.1, 0.15) is 17.9 Å². The number of aliphatic carboxylic acids is 3. The maximum absolute atomic E-state index is 13.6. The molecule has 4 aliphatic heterocycles. The Hall–Kier alpha value is -4.92. The van der Waals surface area contributed by atoms with E-state index >= 15 is 0 Å². The van der Waals surface area contributed by atoms with Crippen LogP contribution in [0.1, 0.15) is 35.8 Å². The van der Waals surface area contributed by atoms with E-state index in [4.69, 9.17) is 27.3 Å². The number of fused-ring (bicyclic) bond motifs is 2. The van der Waals surface area contributed by atoms with E-state index in [0.29, 0.717) is 42.8 Å². The summed E-state index contributed by atoms with van der Waals surface area (Å²) in [6, 6.07) is 2.57. The number of anilines is 1. The first-order chi connectivity index (χ1) is 25.4. The minimum Gasteiger partial charge on any atom is -0.504 e. The van der Waals surface area contributed by atoms with Crippen molar-refractivity contribution in [2.75, 3.05) is 45.5 Å². The fourth-order valence-corrected chi connectivity index (χ4v) is 10.0. The Morgan fingerprint density at radius 2 is 1.80 bits per heavy atom. The quantitative estimate of drug-likeness (QED) is 0.0551. The molecule has 6 rings (SSSR count). The number of nitrogens with two attached hydrogens (primary N) is 1. The van der Waals surface area contributed by atoms with Crippen LogP contribution in [0.3, 0.4) is 0 Å². The molecule has 0 bridgehead atoms. The van der Waals surface area contributed by atoms with Crippen LogP contribution in [-0.4, -0.2) is 143 Å². The lowest BCUT2D eigenvalue weighted by Crippen LogP contribution is -2.63. The minimum absolute atomic E-state index is 0.0566. The summed E-state index contributed by atoms with van der Waals surface area (Å²) in [4.78, 5) is 87.7. The van der Waals surface area contributed by atoms with Gasteiger partial charge in [-0.1, -0.05) is 16.8 Å². The largest absolute Gasteiger partial charge is 0.504 e. The van der Waals surface area contributed by atoms with Crippen molar-refractivity contribution in [3.05, 3.63) is 45.1 Å². The Labute approximate surface area is 320 Å². The Morgan fingerprint density at radius 1 is 1.13 bits per heavy atom. The second kappa shape index (κ2) is 14.7. The minimum atomic E-state index is -1.92. The number of thioether (sulfide) groups is 1. The number of hydrogen-bond donors (Lipinski definition) is 6. The van der Waals surface area contributed by atoms with E-state index in [1.165, 1.54) is 34.2 Å². The molecule has 5 heterocycles. The highest BCUT2D eigenvalue weighted by molar-refractivity contribution is 8.00. The second-order valence-electron chi connectivity index (χ2n) is 14.0. The summed E-state index contributed by atoms with van der Waals surface area (Å²) in [5.74, 6) is -7.88. The molecular weight excluding hydrogens is 772 g/mol. The Morgan fingerprint density at radius 3 is 2.37 bits per heavy atom. The first kappa shape index (κ1) is 38.8. The van der Waals surface area contributed by atoms with Gasteiger partial charge in [0.25, 0.3) is 5.91 Å². The summed E-state index contributed by atoms with van der Waals surface area (Å²) in [7, 11) is 2.01. The fourth-order valence-electron chi connectivity index (χ4n) is 7.72. The van der Waals surface area contributed by atoms with Crippen LogP contribution in [-0.2, 0) is 28.8 Å². The number of phenolic OH excluding ortho intramolecular Hbond substituents is 2. The van der Waals surface area contributed by atoms with Crippen LogP contribution < -0.4 is 5.73 Å². The number of aromatic hydroxyl groups is 2. The molecular formula is C33H36ClN6O12S2+. The molecule has 3 fully saturated rings. The molecule has 0 aliphatic carbocycles. The number of β-lactam (4-membered cyclic amide) rings is 1. The molecule has 54 heavy (non-hydrogen) atoms. The molecule has 4 aliphatic rings. The van der Waals surface area contributed by atoms with Crippen molar-refractivity contribution in [3.8, 4) is 11.5 Å². The number of benzene rings is 1. The Kier molecular flexibility index (Phi) is 10.6. The van der Waals surface area contributed by atoms with E-state index in [0.717, 1.165) is 11.3 Å². The zero-order valence-corrected chi connectivity index (χ0v) is 31.1. The first-order valence-corrected chi connectivity index (χ1v) is 18.8. The third kappa shape index (κ3) is 7.29. The van der Waals surface area contributed by atoms with Crippen LogP contribution in [0.25, 0.3) is 0 Å². The molecule has 1 aromatic heterocycles. The SMILES string of the molecule is C[C@@H]1S[C@@H]2[C@H](CC(=O)/C(=N\O[C@@H](CC(=O)O)C(=O)O)c3csc(N)n3)C(=O)N2C(C(=O)O)=C1C[N+]1(C)C[C@H]2CN(C(=O)c3ccc(O)c(O)c3Cl)C[C@H]2C1. The number of carboxylic acid groups (broad SMARTS) is 3. The summed E-state index contributed by atoms with van der Waals surface area (Å²) in [5.41, 5.74) is 5.70. The molecule has 288 valence electrons. The molecule has 7 N–H and O–H groups in total. The number of likely N-dealkylation sites (N-methyl/N-ethyl adjacent to an activating group) is 1. The molecule has 0 radical (unpaired) electrons. The lowest BCUT2D eigenvalue weighted by molar-refractivity contribution is -0.896. The number of amides is 2. The number of carbonyl (C=O) groups is 6. The van der Waals surface area contributed by atoms with Crippen LogP contribution in [0, 0.1) is 17.8 Å². The van der Waals surface area contributed by atoms with Crippen molar-refractivity contribution in [2.24, 2.45) is 22.9 Å². The van der Waals surface area contributed by atoms with Crippen molar-refractivity contribution < 1.29 is 63.6 Å².